The number of hydrogen-bond donors (Lipinski definition) is 0. The minimum Gasteiger partial charge on any atom is -0.493 e. The summed E-state index contributed by atoms with van der Waals surface area (Å²) in [7, 11) is 0. The number of piperidine rings is 2. The Labute approximate surface area is 220 Å². The quantitative estimate of drug-likeness (QED) is 0.300. The van der Waals surface area contributed by atoms with Gasteiger partial charge < -0.3 is 18.8 Å². The van der Waals surface area contributed by atoms with Gasteiger partial charge in [-0.3, -0.25) is 9.69 Å². The second-order valence-corrected chi connectivity index (χ2v) is 10.4. The second kappa shape index (κ2) is 13.1. The molecular formula is C31H40N2O4. The summed E-state index contributed by atoms with van der Waals surface area (Å²) < 4.78 is 17.7. The van der Waals surface area contributed by atoms with Crippen LogP contribution in [-0.4, -0.2) is 62.3 Å². The SMILES string of the molecule is O=c1c(-c2ccc(OCCN3CCCCC3)cc2)coc2cc(OCCCCN3CCCCC3)ccc12. The van der Waals surface area contributed by atoms with Crippen molar-refractivity contribution in [3.05, 3.63) is 59.0 Å². The van der Waals surface area contributed by atoms with Crippen molar-refractivity contribution in [2.75, 3.05) is 52.5 Å². The molecule has 0 N–H and O–H groups in total. The minimum atomic E-state index is -0.0342. The van der Waals surface area contributed by atoms with Crippen LogP contribution < -0.4 is 14.9 Å². The van der Waals surface area contributed by atoms with E-state index in [0.717, 1.165) is 43.0 Å². The smallest absolute Gasteiger partial charge is 0.200 e. The minimum absolute atomic E-state index is 0.0342. The summed E-state index contributed by atoms with van der Waals surface area (Å²) in [6.07, 6.45) is 11.7. The van der Waals surface area contributed by atoms with Crippen LogP contribution in [0.15, 0.2) is 57.9 Å². The van der Waals surface area contributed by atoms with Gasteiger partial charge in [-0.1, -0.05) is 25.0 Å². The zero-order chi connectivity index (χ0) is 25.3. The zero-order valence-corrected chi connectivity index (χ0v) is 22.0. The van der Waals surface area contributed by atoms with Crippen LogP contribution in [0.1, 0.15) is 51.4 Å². The molecule has 0 aliphatic carbocycles. The summed E-state index contributed by atoms with van der Waals surface area (Å²) >= 11 is 0. The van der Waals surface area contributed by atoms with Crippen LogP contribution in [0.4, 0.5) is 0 Å². The summed E-state index contributed by atoms with van der Waals surface area (Å²) in [6, 6.07) is 13.2. The third-order valence-corrected chi connectivity index (χ3v) is 7.62. The molecule has 0 spiro atoms. The lowest BCUT2D eigenvalue weighted by Crippen LogP contribution is -2.33. The third-order valence-electron chi connectivity index (χ3n) is 7.62. The van der Waals surface area contributed by atoms with E-state index in [1.807, 2.05) is 42.5 Å². The molecule has 37 heavy (non-hydrogen) atoms. The predicted molar refractivity (Wildman–Crippen MR) is 149 cm³/mol. The average Bonchev–Trinajstić information content (AvgIpc) is 2.95. The van der Waals surface area contributed by atoms with Crippen LogP contribution in [0.5, 0.6) is 11.5 Å². The highest BCUT2D eigenvalue weighted by atomic mass is 16.5. The molecule has 2 fully saturated rings. The van der Waals surface area contributed by atoms with Gasteiger partial charge in [0.2, 0.25) is 0 Å². The van der Waals surface area contributed by atoms with Gasteiger partial charge in [0.15, 0.2) is 5.43 Å². The van der Waals surface area contributed by atoms with E-state index >= 15 is 0 Å². The van der Waals surface area contributed by atoms with Crippen LogP contribution in [-0.2, 0) is 0 Å². The number of likely N-dealkylation sites (tertiary alicyclic amines) is 2. The fourth-order valence-corrected chi connectivity index (χ4v) is 5.41. The van der Waals surface area contributed by atoms with Crippen LogP contribution >= 0.6 is 0 Å². The van der Waals surface area contributed by atoms with Gasteiger partial charge in [-0.2, -0.15) is 0 Å². The molecule has 0 bridgehead atoms. The van der Waals surface area contributed by atoms with E-state index in [1.54, 1.807) is 6.26 Å². The van der Waals surface area contributed by atoms with Gasteiger partial charge in [0.25, 0.3) is 0 Å². The summed E-state index contributed by atoms with van der Waals surface area (Å²) in [5.41, 5.74) is 1.90. The molecule has 2 saturated heterocycles. The molecule has 198 valence electrons. The average molecular weight is 505 g/mol. The maximum Gasteiger partial charge on any atom is 0.200 e. The molecule has 6 heteroatoms. The number of hydrogen-bond acceptors (Lipinski definition) is 6. The highest BCUT2D eigenvalue weighted by molar-refractivity contribution is 5.82. The van der Waals surface area contributed by atoms with Gasteiger partial charge in [-0.25, -0.2) is 0 Å². The first-order chi connectivity index (χ1) is 18.3. The lowest BCUT2D eigenvalue weighted by atomic mass is 10.1. The predicted octanol–water partition coefficient (Wildman–Crippen LogP) is 5.97. The van der Waals surface area contributed by atoms with Crippen molar-refractivity contribution in [3.8, 4) is 22.6 Å². The highest BCUT2D eigenvalue weighted by Gasteiger charge is 2.12. The van der Waals surface area contributed by atoms with Crippen molar-refractivity contribution in [1.29, 1.82) is 0 Å². The molecule has 0 atom stereocenters. The van der Waals surface area contributed by atoms with Gasteiger partial charge in [0.1, 0.15) is 30.0 Å². The number of rotatable bonds is 11. The molecule has 0 amide bonds. The lowest BCUT2D eigenvalue weighted by molar-refractivity contribution is 0.183. The number of nitrogens with zero attached hydrogens (tertiary/aromatic N) is 2. The maximum atomic E-state index is 13.2. The fourth-order valence-electron chi connectivity index (χ4n) is 5.41. The van der Waals surface area contributed by atoms with E-state index in [1.165, 1.54) is 64.7 Å². The molecule has 0 unspecified atom stereocenters. The van der Waals surface area contributed by atoms with Crippen molar-refractivity contribution in [1.82, 2.24) is 9.80 Å². The Hall–Kier alpha value is -2.83. The van der Waals surface area contributed by atoms with Crippen molar-refractivity contribution in [2.45, 2.75) is 51.4 Å². The van der Waals surface area contributed by atoms with Crippen molar-refractivity contribution >= 4 is 11.0 Å². The Balaban J connectivity index is 1.13. The number of ether oxygens (including phenoxy) is 2. The number of fused-ring (bicyclic) bond motifs is 1. The molecule has 2 aliphatic heterocycles. The molecular weight excluding hydrogens is 464 g/mol. The van der Waals surface area contributed by atoms with E-state index in [2.05, 4.69) is 9.80 Å². The Morgan fingerprint density at radius 1 is 0.703 bits per heavy atom. The molecule has 0 saturated carbocycles. The topological polar surface area (TPSA) is 55.1 Å². The first kappa shape index (κ1) is 25.8. The van der Waals surface area contributed by atoms with Crippen LogP contribution in [0, 0.1) is 0 Å². The standard InChI is InChI=1S/C31H40N2O4/c34-31-28-14-13-27(35-21-8-7-19-32-15-3-1-4-16-32)23-30(28)37-24-29(31)25-9-11-26(12-10-25)36-22-20-33-17-5-2-6-18-33/h9-14,23-24H,1-8,15-22H2. The van der Waals surface area contributed by atoms with Gasteiger partial charge in [0.05, 0.1) is 17.6 Å². The molecule has 0 radical (unpaired) electrons. The Morgan fingerprint density at radius 3 is 2.08 bits per heavy atom. The van der Waals surface area contributed by atoms with Gasteiger partial charge in [0, 0.05) is 12.6 Å². The number of unbranched alkanes of at least 4 members (excludes halogenated alkanes) is 1. The first-order valence-corrected chi connectivity index (χ1v) is 14.1. The normalized spacial score (nSPS) is 17.2. The van der Waals surface area contributed by atoms with Gasteiger partial charge >= 0.3 is 0 Å². The van der Waals surface area contributed by atoms with Crippen molar-refractivity contribution < 1.29 is 13.9 Å². The van der Waals surface area contributed by atoms with E-state index < -0.39 is 0 Å². The zero-order valence-electron chi connectivity index (χ0n) is 22.0. The molecule has 6 nitrogen and oxygen atoms in total. The molecule has 3 heterocycles. The van der Waals surface area contributed by atoms with E-state index in [0.29, 0.717) is 29.7 Å². The maximum absolute atomic E-state index is 13.2. The Kier molecular flexibility index (Phi) is 9.14. The first-order valence-electron chi connectivity index (χ1n) is 14.1. The fraction of sp³-hybridized carbons (Fsp3) is 0.516. The molecule has 3 aromatic rings. The molecule has 5 rings (SSSR count). The van der Waals surface area contributed by atoms with Crippen LogP contribution in [0.25, 0.3) is 22.1 Å². The monoisotopic (exact) mass is 504 g/mol. The van der Waals surface area contributed by atoms with Gasteiger partial charge in [-0.15, -0.1) is 0 Å². The summed E-state index contributed by atoms with van der Waals surface area (Å²) in [4.78, 5) is 18.2. The van der Waals surface area contributed by atoms with E-state index in [9.17, 15) is 4.79 Å². The number of benzene rings is 2. The largest absolute Gasteiger partial charge is 0.493 e. The highest BCUT2D eigenvalue weighted by Crippen LogP contribution is 2.25. The van der Waals surface area contributed by atoms with Crippen LogP contribution in [0.2, 0.25) is 0 Å². The van der Waals surface area contributed by atoms with Gasteiger partial charge in [-0.05, 0) is 101 Å². The molecule has 2 aromatic carbocycles. The third kappa shape index (κ3) is 7.14. The second-order valence-electron chi connectivity index (χ2n) is 10.4. The van der Waals surface area contributed by atoms with Crippen LogP contribution in [0.3, 0.4) is 0 Å². The summed E-state index contributed by atoms with van der Waals surface area (Å²) in [5.74, 6) is 1.57. The molecule has 1 aromatic heterocycles. The summed E-state index contributed by atoms with van der Waals surface area (Å²) in [5, 5.41) is 0.566. The van der Waals surface area contributed by atoms with E-state index in [4.69, 9.17) is 13.9 Å². The van der Waals surface area contributed by atoms with E-state index in [-0.39, 0.29) is 5.43 Å². The lowest BCUT2D eigenvalue weighted by Gasteiger charge is -2.26. The Morgan fingerprint density at radius 2 is 1.35 bits per heavy atom. The molecule has 2 aliphatic rings. The Bertz CT molecular complexity index is 1180. The summed E-state index contributed by atoms with van der Waals surface area (Å²) in [6.45, 7) is 8.30. The van der Waals surface area contributed by atoms with Crippen molar-refractivity contribution in [3.63, 3.8) is 0 Å². The van der Waals surface area contributed by atoms with Crippen molar-refractivity contribution in [2.24, 2.45) is 0 Å².